The minimum Gasteiger partial charge on any atom is -0.493 e. The highest BCUT2D eigenvalue weighted by Gasteiger charge is 2.42. The molecule has 1 heterocycles. The third-order valence-corrected chi connectivity index (χ3v) is 6.25. The van der Waals surface area contributed by atoms with Gasteiger partial charge >= 0.3 is 5.97 Å². The Morgan fingerprint density at radius 1 is 1.20 bits per heavy atom. The van der Waals surface area contributed by atoms with Gasteiger partial charge in [-0.1, -0.05) is 24.6 Å². The molecule has 3 unspecified atom stereocenters. The van der Waals surface area contributed by atoms with Crippen LogP contribution in [0.1, 0.15) is 58.9 Å². The summed E-state index contributed by atoms with van der Waals surface area (Å²) in [5, 5.41) is 0. The van der Waals surface area contributed by atoms with Gasteiger partial charge in [0.1, 0.15) is 5.75 Å². The fourth-order valence-corrected chi connectivity index (χ4v) is 4.04. The number of ether oxygens (including phenoxy) is 3. The van der Waals surface area contributed by atoms with Crippen LogP contribution in [0.5, 0.6) is 5.75 Å². The monoisotopic (exact) mass is 420 g/mol. The van der Waals surface area contributed by atoms with Crippen molar-refractivity contribution in [2.24, 2.45) is 5.92 Å². The van der Waals surface area contributed by atoms with Crippen LogP contribution in [0.25, 0.3) is 0 Å². The largest absolute Gasteiger partial charge is 0.493 e. The first-order valence-electron chi connectivity index (χ1n) is 11.5. The lowest BCUT2D eigenvalue weighted by atomic mass is 9.96. The van der Waals surface area contributed by atoms with E-state index in [9.17, 15) is 4.79 Å². The summed E-state index contributed by atoms with van der Waals surface area (Å²) in [4.78, 5) is 12.5. The molecule has 0 radical (unpaired) electrons. The van der Waals surface area contributed by atoms with Crippen molar-refractivity contribution >= 4 is 5.97 Å². The number of rotatable bonds is 11. The average Bonchev–Trinajstić information content (AvgIpc) is 2.71. The van der Waals surface area contributed by atoms with Gasteiger partial charge in [-0.3, -0.25) is 0 Å². The van der Waals surface area contributed by atoms with Crippen molar-refractivity contribution in [2.75, 3.05) is 40.0 Å². The summed E-state index contributed by atoms with van der Waals surface area (Å²) in [6.07, 6.45) is 4.10. The van der Waals surface area contributed by atoms with Crippen LogP contribution in [0.4, 0.5) is 0 Å². The van der Waals surface area contributed by atoms with Gasteiger partial charge in [0.25, 0.3) is 0 Å². The normalized spacial score (nSPS) is 23.1. The molecule has 1 saturated heterocycles. The maximum absolute atomic E-state index is 12.5. The molecule has 3 atom stereocenters. The molecule has 2 rings (SSSR count). The Morgan fingerprint density at radius 3 is 2.57 bits per heavy atom. The minimum atomic E-state index is -0.240. The highest BCUT2D eigenvalue weighted by atomic mass is 16.5. The van der Waals surface area contributed by atoms with Gasteiger partial charge in [-0.25, -0.2) is 4.79 Å². The van der Waals surface area contributed by atoms with Gasteiger partial charge in [0.2, 0.25) is 0 Å². The molecule has 0 bridgehead atoms. The summed E-state index contributed by atoms with van der Waals surface area (Å²) < 4.78 is 18.3. The molecule has 5 heteroatoms. The Morgan fingerprint density at radius 2 is 1.90 bits per heavy atom. The molecule has 0 aromatic heterocycles. The highest BCUT2D eigenvalue weighted by molar-refractivity contribution is 5.74. The summed E-state index contributed by atoms with van der Waals surface area (Å²) in [5.74, 6) is 1.16. The average molecular weight is 421 g/mol. The van der Waals surface area contributed by atoms with Crippen molar-refractivity contribution in [3.05, 3.63) is 29.8 Å². The van der Waals surface area contributed by atoms with Crippen LogP contribution in [0.2, 0.25) is 0 Å². The molecule has 170 valence electrons. The maximum Gasteiger partial charge on any atom is 0.364 e. The zero-order valence-electron chi connectivity index (χ0n) is 19.9. The van der Waals surface area contributed by atoms with E-state index in [0.717, 1.165) is 42.6 Å². The number of piperidine rings is 1. The number of aryl methyl sites for hydroxylation is 1. The number of carbonyl (C=O) groups is 1. The number of carbonyl (C=O) groups excluding carboxylic acids is 1. The Balaban J connectivity index is 1.80. The quantitative estimate of drug-likeness (QED) is 0.382. The molecule has 1 aromatic carbocycles. The minimum absolute atomic E-state index is 0.0414. The summed E-state index contributed by atoms with van der Waals surface area (Å²) in [7, 11) is 2.20. The fraction of sp³-hybridized carbons (Fsp3) is 0.720. The summed E-state index contributed by atoms with van der Waals surface area (Å²) in [6, 6.07) is 8.10. The molecule has 0 N–H and O–H groups in total. The topological polar surface area (TPSA) is 44.8 Å². The Bertz CT molecular complexity index is 658. The van der Waals surface area contributed by atoms with E-state index in [-0.39, 0.29) is 17.6 Å². The van der Waals surface area contributed by atoms with E-state index in [1.807, 2.05) is 19.1 Å². The maximum atomic E-state index is 12.5. The lowest BCUT2D eigenvalue weighted by Gasteiger charge is -2.44. The van der Waals surface area contributed by atoms with E-state index in [4.69, 9.17) is 14.2 Å². The van der Waals surface area contributed by atoms with E-state index in [0.29, 0.717) is 25.7 Å². The first-order valence-corrected chi connectivity index (χ1v) is 11.5. The van der Waals surface area contributed by atoms with Crippen LogP contribution in [0.15, 0.2) is 24.3 Å². The van der Waals surface area contributed by atoms with Gasteiger partial charge in [-0.2, -0.15) is 0 Å². The van der Waals surface area contributed by atoms with Crippen LogP contribution in [0, 0.1) is 12.8 Å². The Kier molecular flexibility index (Phi) is 9.17. The second kappa shape index (κ2) is 11.1. The van der Waals surface area contributed by atoms with Crippen molar-refractivity contribution < 1.29 is 23.5 Å². The van der Waals surface area contributed by atoms with Crippen molar-refractivity contribution in [2.45, 2.75) is 71.9 Å². The number of esters is 1. The van der Waals surface area contributed by atoms with Gasteiger partial charge < -0.3 is 18.7 Å². The van der Waals surface area contributed by atoms with Crippen molar-refractivity contribution in [3.63, 3.8) is 0 Å². The molecule has 1 aliphatic heterocycles. The van der Waals surface area contributed by atoms with Crippen LogP contribution >= 0.6 is 0 Å². The van der Waals surface area contributed by atoms with Crippen molar-refractivity contribution in [1.82, 2.24) is 0 Å². The third-order valence-electron chi connectivity index (χ3n) is 6.25. The number of nitrogens with zero attached hydrogens (tertiary/aromatic N) is 1. The van der Waals surface area contributed by atoms with E-state index in [2.05, 4.69) is 46.9 Å². The highest BCUT2D eigenvalue weighted by Crippen LogP contribution is 2.28. The van der Waals surface area contributed by atoms with E-state index < -0.39 is 0 Å². The van der Waals surface area contributed by atoms with E-state index in [1.54, 1.807) is 0 Å². The first-order chi connectivity index (χ1) is 14.1. The zero-order chi connectivity index (χ0) is 22.2. The molecule has 0 spiro atoms. The van der Waals surface area contributed by atoms with Gasteiger partial charge in [-0.15, -0.1) is 0 Å². The van der Waals surface area contributed by atoms with Crippen LogP contribution in [-0.2, 0) is 14.3 Å². The van der Waals surface area contributed by atoms with Crippen LogP contribution in [0.3, 0.4) is 0 Å². The van der Waals surface area contributed by atoms with Crippen LogP contribution < -0.4 is 4.74 Å². The number of hydrogen-bond donors (Lipinski definition) is 0. The zero-order valence-corrected chi connectivity index (χ0v) is 19.9. The number of hydrogen-bond acceptors (Lipinski definition) is 4. The Labute approximate surface area is 183 Å². The van der Waals surface area contributed by atoms with Crippen molar-refractivity contribution in [3.8, 4) is 5.75 Å². The fourth-order valence-electron chi connectivity index (χ4n) is 4.04. The number of likely N-dealkylation sites (tertiary alicyclic amines) is 1. The number of benzene rings is 1. The molecule has 0 aliphatic carbocycles. The predicted molar refractivity (Wildman–Crippen MR) is 121 cm³/mol. The first kappa shape index (κ1) is 24.7. The van der Waals surface area contributed by atoms with E-state index in [1.165, 1.54) is 12.0 Å². The summed E-state index contributed by atoms with van der Waals surface area (Å²) in [5.41, 5.74) is 0.992. The molecule has 0 amide bonds. The van der Waals surface area contributed by atoms with Gasteiger partial charge in [0.15, 0.2) is 6.04 Å². The molecule has 30 heavy (non-hydrogen) atoms. The third kappa shape index (κ3) is 7.59. The van der Waals surface area contributed by atoms with Crippen LogP contribution in [-0.4, -0.2) is 62.1 Å². The summed E-state index contributed by atoms with van der Waals surface area (Å²) in [6.45, 7) is 14.1. The molecular formula is C25H42NO4+. The second-order valence-corrected chi connectivity index (χ2v) is 9.74. The van der Waals surface area contributed by atoms with Crippen molar-refractivity contribution in [1.29, 1.82) is 0 Å². The lowest BCUT2D eigenvalue weighted by molar-refractivity contribution is -0.930. The second-order valence-electron chi connectivity index (χ2n) is 9.74. The molecule has 5 nitrogen and oxygen atoms in total. The Hall–Kier alpha value is -1.59. The lowest BCUT2D eigenvalue weighted by Crippen LogP contribution is -2.60. The number of likely N-dealkylation sites (N-methyl/N-ethyl adjacent to an activating group) is 1. The molecule has 1 aromatic rings. The number of quaternary nitrogens is 1. The van der Waals surface area contributed by atoms with Gasteiger partial charge in [-0.05, 0) is 52.7 Å². The van der Waals surface area contributed by atoms with E-state index >= 15 is 0 Å². The smallest absolute Gasteiger partial charge is 0.364 e. The molecule has 0 saturated carbocycles. The molecular weight excluding hydrogens is 378 g/mol. The standard InChI is InChI=1S/C25H42NO4/c1-7-28-24(27)23-10-8-9-16-26(23,6)17-15-25(4,5)30-19-21(3)18-29-22-13-11-20(2)12-14-22/h11-14,21,23H,7-10,15-19H2,1-6H3/q+1. The molecule has 1 aliphatic rings. The van der Waals surface area contributed by atoms with Gasteiger partial charge in [0, 0.05) is 18.8 Å². The SMILES string of the molecule is CCOC(=O)C1CCCC[N+]1(C)CCC(C)(C)OCC(C)COc1ccc(C)cc1. The van der Waals surface area contributed by atoms with Gasteiger partial charge in [0.05, 0.1) is 45.6 Å². The summed E-state index contributed by atoms with van der Waals surface area (Å²) >= 11 is 0. The predicted octanol–water partition coefficient (Wildman–Crippen LogP) is 4.76. The molecule has 1 fully saturated rings.